The molecule has 3 nitrogen and oxygen atoms in total. The van der Waals surface area contributed by atoms with Gasteiger partial charge in [-0.3, -0.25) is 0 Å². The Morgan fingerprint density at radius 1 is 1.86 bits per heavy atom. The first kappa shape index (κ1) is 4.11. The van der Waals surface area contributed by atoms with Gasteiger partial charge in [-0.25, -0.2) is 4.94 Å². The van der Waals surface area contributed by atoms with Crippen LogP contribution in [0.3, 0.4) is 0 Å². The lowest BCUT2D eigenvalue weighted by molar-refractivity contribution is -0.0385. The van der Waals surface area contributed by atoms with Crippen LogP contribution in [0.25, 0.3) is 0 Å². The zero-order chi connectivity index (χ0) is 5.11. The Hall–Kier alpha value is -1.06. The highest BCUT2D eigenvalue weighted by molar-refractivity contribution is 4.81. The van der Waals surface area contributed by atoms with Crippen LogP contribution < -0.4 is 4.94 Å². The van der Waals surface area contributed by atoms with Gasteiger partial charge in [0.15, 0.2) is 0 Å². The van der Waals surface area contributed by atoms with Gasteiger partial charge in [0.05, 0.1) is 6.20 Å². The summed E-state index contributed by atoms with van der Waals surface area (Å²) in [7, 11) is 0. The number of aromatic nitrogens is 1. The summed E-state index contributed by atoms with van der Waals surface area (Å²) in [5.41, 5.74) is 0. The van der Waals surface area contributed by atoms with E-state index >= 15 is 0 Å². The average Bonchev–Trinajstić information content (AvgIpc) is 2.14. The molecule has 0 aromatic carbocycles. The summed E-state index contributed by atoms with van der Waals surface area (Å²) in [6.07, 6.45) is 2.14. The minimum Gasteiger partial charge on any atom is -0.415 e. The van der Waals surface area contributed by atoms with Crippen LogP contribution in [0.15, 0.2) is 16.9 Å². The van der Waals surface area contributed by atoms with Crippen LogP contribution in [-0.2, 0) is 0 Å². The summed E-state index contributed by atoms with van der Waals surface area (Å²) in [6.45, 7) is 0. The van der Waals surface area contributed by atoms with Crippen LogP contribution in [0.4, 0.5) is 4.53 Å². The molecule has 0 aliphatic carbocycles. The quantitative estimate of drug-likeness (QED) is 0.530. The summed E-state index contributed by atoms with van der Waals surface area (Å²) < 4.78 is 15.2. The second-order valence-corrected chi connectivity index (χ2v) is 0.875. The van der Waals surface area contributed by atoms with Gasteiger partial charge in [-0.05, 0) is 0 Å². The number of hydrogen-bond donors (Lipinski definition) is 0. The average molecular weight is 103 g/mol. The highest BCUT2D eigenvalue weighted by Crippen LogP contribution is 2.02. The van der Waals surface area contributed by atoms with E-state index in [1.165, 1.54) is 12.5 Å². The molecule has 1 rings (SSSR count). The third kappa shape index (κ3) is 0.677. The van der Waals surface area contributed by atoms with Crippen molar-refractivity contribution in [3.63, 3.8) is 0 Å². The van der Waals surface area contributed by atoms with Crippen LogP contribution >= 0.6 is 0 Å². The van der Waals surface area contributed by atoms with Crippen molar-refractivity contribution in [2.24, 2.45) is 0 Å². The van der Waals surface area contributed by atoms with Crippen LogP contribution in [0.1, 0.15) is 0 Å². The molecule has 7 heavy (non-hydrogen) atoms. The van der Waals surface area contributed by atoms with E-state index in [0.717, 1.165) is 0 Å². The van der Waals surface area contributed by atoms with Crippen molar-refractivity contribution >= 4 is 0 Å². The molecule has 0 amide bonds. The molecule has 0 saturated heterocycles. The first-order valence-corrected chi connectivity index (χ1v) is 1.61. The van der Waals surface area contributed by atoms with Crippen molar-refractivity contribution in [2.45, 2.75) is 0 Å². The second-order valence-electron chi connectivity index (χ2n) is 0.875. The number of rotatable bonds is 1. The molecule has 0 saturated carbocycles. The van der Waals surface area contributed by atoms with Gasteiger partial charge in [-0.1, -0.05) is 0 Å². The van der Waals surface area contributed by atoms with E-state index < -0.39 is 0 Å². The maximum atomic E-state index is 10.9. The van der Waals surface area contributed by atoms with Gasteiger partial charge in [0, 0.05) is 4.53 Å². The molecule has 0 spiro atoms. The Kier molecular flexibility index (Phi) is 0.934. The summed E-state index contributed by atoms with van der Waals surface area (Å²) in [5.74, 6) is 0. The predicted molar refractivity (Wildman–Crippen MR) is 18.2 cm³/mol. The second kappa shape index (κ2) is 1.59. The molecule has 1 heterocycles. The van der Waals surface area contributed by atoms with Crippen molar-refractivity contribution < 1.29 is 13.9 Å². The molecular weight excluding hydrogens is 101 g/mol. The van der Waals surface area contributed by atoms with Crippen molar-refractivity contribution in [3.8, 4) is 6.08 Å². The molecule has 0 atom stereocenters. The Labute approximate surface area is 38.6 Å². The van der Waals surface area contributed by atoms with E-state index in [1.54, 1.807) is 0 Å². The summed E-state index contributed by atoms with van der Waals surface area (Å²) in [5, 5.41) is 0. The lowest BCUT2D eigenvalue weighted by Crippen LogP contribution is -1.70. The third-order valence-corrected chi connectivity index (χ3v) is 0.476. The first-order chi connectivity index (χ1) is 3.43. The normalized spacial score (nSPS) is 8.71. The molecule has 0 N–H and O–H groups in total. The monoisotopic (exact) mass is 103 g/mol. The molecule has 0 fully saturated rings. The molecule has 0 aliphatic heterocycles. The Balaban J connectivity index is 2.76. The van der Waals surface area contributed by atoms with E-state index in [4.69, 9.17) is 0 Å². The van der Waals surface area contributed by atoms with E-state index in [-0.39, 0.29) is 6.08 Å². The van der Waals surface area contributed by atoms with Gasteiger partial charge in [0.25, 0.3) is 0 Å². The van der Waals surface area contributed by atoms with Gasteiger partial charge in [-0.2, -0.15) is 4.98 Å². The van der Waals surface area contributed by atoms with Crippen molar-refractivity contribution in [3.05, 3.63) is 12.5 Å². The number of hydrogen-bond acceptors (Lipinski definition) is 3. The molecule has 0 bridgehead atoms. The Morgan fingerprint density at radius 2 is 2.71 bits per heavy atom. The molecule has 4 heteroatoms. The first-order valence-electron chi connectivity index (χ1n) is 1.61. The molecule has 0 radical (unpaired) electrons. The minimum atomic E-state index is -0.361. The van der Waals surface area contributed by atoms with E-state index in [1.807, 2.05) is 0 Å². The van der Waals surface area contributed by atoms with Crippen molar-refractivity contribution in [2.75, 3.05) is 0 Å². The molecular formula is C3H2FNO2. The summed E-state index contributed by atoms with van der Waals surface area (Å²) in [4.78, 5) is 6.35. The lowest BCUT2D eigenvalue weighted by Gasteiger charge is -1.75. The van der Waals surface area contributed by atoms with E-state index in [0.29, 0.717) is 0 Å². The molecule has 1 aromatic rings. The molecule has 38 valence electrons. The fourth-order valence-electron chi connectivity index (χ4n) is 0.248. The topological polar surface area (TPSA) is 35.3 Å². The fraction of sp³-hybridized carbons (Fsp3) is 0. The number of nitrogens with zero attached hydrogens (tertiary/aromatic N) is 1. The maximum Gasteiger partial charge on any atom is 0.432 e. The third-order valence-electron chi connectivity index (χ3n) is 0.476. The molecule has 0 unspecified atom stereocenters. The van der Waals surface area contributed by atoms with Crippen molar-refractivity contribution in [1.82, 2.24) is 4.98 Å². The summed E-state index contributed by atoms with van der Waals surface area (Å²) >= 11 is 0. The van der Waals surface area contributed by atoms with Gasteiger partial charge in [0.2, 0.25) is 0 Å². The zero-order valence-electron chi connectivity index (χ0n) is 3.30. The highest BCUT2D eigenvalue weighted by Gasteiger charge is 1.92. The molecule has 1 aromatic heterocycles. The smallest absolute Gasteiger partial charge is 0.415 e. The van der Waals surface area contributed by atoms with Crippen molar-refractivity contribution in [1.29, 1.82) is 0 Å². The zero-order valence-corrected chi connectivity index (χ0v) is 3.30. The number of halogens is 1. The van der Waals surface area contributed by atoms with Crippen LogP contribution in [0.2, 0.25) is 0 Å². The maximum absolute atomic E-state index is 10.9. The highest BCUT2D eigenvalue weighted by atomic mass is 19.3. The Bertz CT molecular complexity index is 127. The van der Waals surface area contributed by atoms with Crippen LogP contribution in [0.5, 0.6) is 6.08 Å². The minimum absolute atomic E-state index is 0.361. The van der Waals surface area contributed by atoms with Gasteiger partial charge >= 0.3 is 6.08 Å². The number of oxazole rings is 1. The largest absolute Gasteiger partial charge is 0.432 e. The molecule has 0 aliphatic rings. The lowest BCUT2D eigenvalue weighted by atomic mass is 11.0. The van der Waals surface area contributed by atoms with Gasteiger partial charge in [0.1, 0.15) is 6.26 Å². The van der Waals surface area contributed by atoms with Crippen LogP contribution in [-0.4, -0.2) is 4.98 Å². The Morgan fingerprint density at radius 3 is 3.00 bits per heavy atom. The SMILES string of the molecule is FOc1ncco1. The fourth-order valence-corrected chi connectivity index (χ4v) is 0.248. The summed E-state index contributed by atoms with van der Waals surface area (Å²) in [6, 6.07) is 0. The predicted octanol–water partition coefficient (Wildman–Crippen LogP) is 0.938. The van der Waals surface area contributed by atoms with Gasteiger partial charge in [-0.15, -0.1) is 0 Å². The van der Waals surface area contributed by atoms with E-state index in [9.17, 15) is 4.53 Å². The van der Waals surface area contributed by atoms with E-state index in [2.05, 4.69) is 14.3 Å². The standard InChI is InChI=1S/C3H2FNO2/c4-7-3-5-1-2-6-3/h1-2H. The van der Waals surface area contributed by atoms with Gasteiger partial charge < -0.3 is 4.42 Å². The van der Waals surface area contributed by atoms with Crippen LogP contribution in [0, 0.1) is 0 Å².